The third kappa shape index (κ3) is 3.04. The molecule has 0 aliphatic carbocycles. The van der Waals surface area contributed by atoms with E-state index in [1.807, 2.05) is 6.92 Å². The number of hydrogen-bond donors (Lipinski definition) is 1. The van der Waals surface area contributed by atoms with E-state index in [9.17, 15) is 8.78 Å². The first-order chi connectivity index (χ1) is 8.99. The molecule has 0 heterocycles. The van der Waals surface area contributed by atoms with Gasteiger partial charge in [0.15, 0.2) is 0 Å². The number of hydrogen-bond acceptors (Lipinski definition) is 2. The fraction of sp³-hybridized carbons (Fsp3) is 0.143. The highest BCUT2D eigenvalue weighted by molar-refractivity contribution is 9.10. The summed E-state index contributed by atoms with van der Waals surface area (Å²) >= 11 is 3.01. The van der Waals surface area contributed by atoms with Crippen molar-refractivity contribution < 1.29 is 13.5 Å². The minimum atomic E-state index is -0.646. The Labute approximate surface area is 118 Å². The Morgan fingerprint density at radius 2 is 1.95 bits per heavy atom. The van der Waals surface area contributed by atoms with E-state index in [0.29, 0.717) is 11.4 Å². The molecule has 0 aliphatic heterocycles. The number of halogens is 3. The summed E-state index contributed by atoms with van der Waals surface area (Å²) in [6, 6.07) is 7.60. The van der Waals surface area contributed by atoms with Gasteiger partial charge in [-0.15, -0.1) is 0 Å². The zero-order valence-electron chi connectivity index (χ0n) is 10.2. The molecule has 2 N–H and O–H groups in total. The molecule has 0 saturated heterocycles. The molecule has 0 fully saturated rings. The van der Waals surface area contributed by atoms with Crippen molar-refractivity contribution in [1.29, 1.82) is 0 Å². The van der Waals surface area contributed by atoms with Gasteiger partial charge in [-0.25, -0.2) is 8.78 Å². The minimum absolute atomic E-state index is 0.108. The van der Waals surface area contributed by atoms with Crippen LogP contribution in [0.4, 0.5) is 14.5 Å². The fourth-order valence-corrected chi connectivity index (χ4v) is 1.97. The van der Waals surface area contributed by atoms with Gasteiger partial charge in [-0.2, -0.15) is 0 Å². The Balaban J connectivity index is 2.19. The Morgan fingerprint density at radius 3 is 2.63 bits per heavy atom. The Hall–Kier alpha value is -1.62. The van der Waals surface area contributed by atoms with E-state index < -0.39 is 11.6 Å². The van der Waals surface area contributed by atoms with Crippen molar-refractivity contribution >= 4 is 21.6 Å². The van der Waals surface area contributed by atoms with Crippen LogP contribution in [0, 0.1) is 18.6 Å². The molecule has 0 amide bonds. The first-order valence-corrected chi connectivity index (χ1v) is 6.39. The zero-order chi connectivity index (χ0) is 14.0. The average molecular weight is 328 g/mol. The van der Waals surface area contributed by atoms with Gasteiger partial charge in [0.25, 0.3) is 0 Å². The molecule has 2 aromatic rings. The van der Waals surface area contributed by atoms with Crippen molar-refractivity contribution in [2.24, 2.45) is 0 Å². The van der Waals surface area contributed by atoms with Gasteiger partial charge in [-0.3, -0.25) is 0 Å². The van der Waals surface area contributed by atoms with E-state index in [1.165, 1.54) is 12.1 Å². The van der Waals surface area contributed by atoms with Crippen LogP contribution in [-0.4, -0.2) is 0 Å². The van der Waals surface area contributed by atoms with E-state index in [1.54, 1.807) is 18.2 Å². The molecule has 0 saturated carbocycles. The lowest BCUT2D eigenvalue weighted by molar-refractivity contribution is 0.292. The van der Waals surface area contributed by atoms with E-state index in [-0.39, 0.29) is 16.6 Å². The molecule has 19 heavy (non-hydrogen) atoms. The van der Waals surface area contributed by atoms with Crippen molar-refractivity contribution in [1.82, 2.24) is 0 Å². The molecule has 2 nitrogen and oxygen atoms in total. The molecule has 0 radical (unpaired) electrons. The van der Waals surface area contributed by atoms with Gasteiger partial charge in [0, 0.05) is 5.69 Å². The van der Waals surface area contributed by atoms with Gasteiger partial charge >= 0.3 is 0 Å². The van der Waals surface area contributed by atoms with Crippen LogP contribution in [-0.2, 0) is 6.61 Å². The Kier molecular flexibility index (Phi) is 4.04. The molecule has 100 valence electrons. The summed E-state index contributed by atoms with van der Waals surface area (Å²) in [7, 11) is 0. The number of nitrogens with two attached hydrogens (primary N) is 1. The highest BCUT2D eigenvalue weighted by atomic mass is 79.9. The smallest absolute Gasteiger partial charge is 0.146 e. The van der Waals surface area contributed by atoms with Crippen molar-refractivity contribution in [2.75, 3.05) is 5.73 Å². The quantitative estimate of drug-likeness (QED) is 0.677. The van der Waals surface area contributed by atoms with Crippen molar-refractivity contribution in [3.05, 3.63) is 57.6 Å². The Bertz CT molecular complexity index is 617. The molecule has 5 heteroatoms. The van der Waals surface area contributed by atoms with Crippen molar-refractivity contribution in [3.63, 3.8) is 0 Å². The van der Waals surface area contributed by atoms with Crippen LogP contribution in [0.2, 0.25) is 0 Å². The van der Waals surface area contributed by atoms with E-state index in [0.717, 1.165) is 5.56 Å². The van der Waals surface area contributed by atoms with E-state index in [2.05, 4.69) is 15.9 Å². The van der Waals surface area contributed by atoms with Gasteiger partial charge in [0.05, 0.1) is 10.0 Å². The van der Waals surface area contributed by atoms with Crippen LogP contribution in [0.1, 0.15) is 11.1 Å². The molecular formula is C14H12BrF2NO. The topological polar surface area (TPSA) is 35.2 Å². The maximum absolute atomic E-state index is 13.7. The van der Waals surface area contributed by atoms with Crippen LogP contribution in [0.3, 0.4) is 0 Å². The summed E-state index contributed by atoms with van der Waals surface area (Å²) in [5, 5.41) is 0. The van der Waals surface area contributed by atoms with Crippen molar-refractivity contribution in [2.45, 2.75) is 13.5 Å². The minimum Gasteiger partial charge on any atom is -0.489 e. The second kappa shape index (κ2) is 5.57. The summed E-state index contributed by atoms with van der Waals surface area (Å²) in [5.41, 5.74) is 7.07. The highest BCUT2D eigenvalue weighted by Crippen LogP contribution is 2.24. The largest absolute Gasteiger partial charge is 0.489 e. The predicted molar refractivity (Wildman–Crippen MR) is 74.0 cm³/mol. The number of anilines is 1. The lowest BCUT2D eigenvalue weighted by Gasteiger charge is -2.10. The van der Waals surface area contributed by atoms with Gasteiger partial charge < -0.3 is 10.5 Å². The average Bonchev–Trinajstić information content (AvgIpc) is 2.38. The fourth-order valence-electron chi connectivity index (χ4n) is 1.59. The molecule has 0 unspecified atom stereocenters. The number of nitrogen functional groups attached to an aromatic ring is 1. The molecule has 0 bridgehead atoms. The first-order valence-electron chi connectivity index (χ1n) is 5.60. The van der Waals surface area contributed by atoms with Crippen LogP contribution in [0.25, 0.3) is 0 Å². The summed E-state index contributed by atoms with van der Waals surface area (Å²) in [5.74, 6) is -0.759. The molecule has 0 aromatic heterocycles. The summed E-state index contributed by atoms with van der Waals surface area (Å²) in [6.45, 7) is 1.66. The number of rotatable bonds is 3. The summed E-state index contributed by atoms with van der Waals surface area (Å²) < 4.78 is 32.8. The maximum Gasteiger partial charge on any atom is 0.146 e. The van der Waals surface area contributed by atoms with Gasteiger partial charge in [0.2, 0.25) is 0 Å². The Morgan fingerprint density at radius 1 is 1.21 bits per heavy atom. The third-order valence-electron chi connectivity index (χ3n) is 2.76. The third-order valence-corrected chi connectivity index (χ3v) is 3.38. The van der Waals surface area contributed by atoms with E-state index >= 15 is 0 Å². The monoisotopic (exact) mass is 327 g/mol. The standard InChI is InChI=1S/C14H12BrF2NO/c1-8-6-9(2-5-13(8)18)19-7-10-12(16)4-3-11(15)14(10)17/h2-6H,7,18H2,1H3. The summed E-state index contributed by atoms with van der Waals surface area (Å²) in [6.07, 6.45) is 0. The normalized spacial score (nSPS) is 10.5. The van der Waals surface area contributed by atoms with Crippen LogP contribution in [0.15, 0.2) is 34.8 Å². The van der Waals surface area contributed by atoms with Crippen LogP contribution >= 0.6 is 15.9 Å². The first kappa shape index (κ1) is 13.8. The lowest BCUT2D eigenvalue weighted by Crippen LogP contribution is -2.03. The van der Waals surface area contributed by atoms with Crippen LogP contribution in [0.5, 0.6) is 5.75 Å². The van der Waals surface area contributed by atoms with Gasteiger partial charge in [0.1, 0.15) is 24.0 Å². The second-order valence-corrected chi connectivity index (χ2v) is 4.98. The van der Waals surface area contributed by atoms with E-state index in [4.69, 9.17) is 10.5 Å². The molecule has 2 rings (SSSR count). The molecule has 0 spiro atoms. The highest BCUT2D eigenvalue weighted by Gasteiger charge is 2.13. The lowest BCUT2D eigenvalue weighted by atomic mass is 10.2. The second-order valence-electron chi connectivity index (χ2n) is 4.13. The molecule has 0 atom stereocenters. The molecular weight excluding hydrogens is 316 g/mol. The molecule has 2 aromatic carbocycles. The molecule has 0 aliphatic rings. The van der Waals surface area contributed by atoms with Crippen molar-refractivity contribution in [3.8, 4) is 5.75 Å². The SMILES string of the molecule is Cc1cc(OCc2c(F)ccc(Br)c2F)ccc1N. The van der Waals surface area contributed by atoms with Gasteiger partial charge in [-0.05, 0) is 58.7 Å². The zero-order valence-corrected chi connectivity index (χ0v) is 11.8. The number of benzene rings is 2. The number of aryl methyl sites for hydroxylation is 1. The summed E-state index contributed by atoms with van der Waals surface area (Å²) in [4.78, 5) is 0. The predicted octanol–water partition coefficient (Wildman–Crippen LogP) is 4.20. The number of ether oxygens (including phenoxy) is 1. The van der Waals surface area contributed by atoms with Crippen LogP contribution < -0.4 is 10.5 Å². The maximum atomic E-state index is 13.7. The van der Waals surface area contributed by atoms with Gasteiger partial charge in [-0.1, -0.05) is 0 Å².